The summed E-state index contributed by atoms with van der Waals surface area (Å²) in [7, 11) is 0.233. The van der Waals surface area contributed by atoms with E-state index in [4.69, 9.17) is 0 Å². The van der Waals surface area contributed by atoms with Crippen LogP contribution >= 0.6 is 7.92 Å². The van der Waals surface area contributed by atoms with Gasteiger partial charge in [0.2, 0.25) is 0 Å². The molecule has 0 bridgehead atoms. The molecular weight excluding hydrogens is 165 g/mol. The van der Waals surface area contributed by atoms with Crippen LogP contribution in [0.3, 0.4) is 0 Å². The first kappa shape index (κ1) is 8.19. The molecule has 1 nitrogen and oxygen atoms in total. The minimum absolute atomic E-state index is 0.233. The second kappa shape index (κ2) is 3.53. The van der Waals surface area contributed by atoms with Crippen LogP contribution in [-0.4, -0.2) is 17.8 Å². The van der Waals surface area contributed by atoms with Crippen LogP contribution in [-0.2, 0) is 0 Å². The average Bonchev–Trinajstić information content (AvgIpc) is 2.53. The van der Waals surface area contributed by atoms with Crippen LogP contribution in [0.4, 0.5) is 0 Å². The molecule has 1 saturated heterocycles. The van der Waals surface area contributed by atoms with Crippen molar-refractivity contribution in [1.29, 1.82) is 0 Å². The zero-order valence-corrected chi connectivity index (χ0v) is 8.30. The van der Waals surface area contributed by atoms with Gasteiger partial charge in [0.15, 0.2) is 0 Å². The van der Waals surface area contributed by atoms with E-state index < -0.39 is 0 Å². The van der Waals surface area contributed by atoms with Crippen LogP contribution in [0.25, 0.3) is 0 Å². The van der Waals surface area contributed by atoms with Gasteiger partial charge < -0.3 is 0 Å². The molecule has 2 atom stereocenters. The van der Waals surface area contributed by atoms with E-state index in [0.717, 1.165) is 5.66 Å². The minimum Gasteiger partial charge on any atom is -0.261 e. The summed E-state index contributed by atoms with van der Waals surface area (Å²) in [5, 5.41) is 0. The van der Waals surface area contributed by atoms with Gasteiger partial charge in [-0.05, 0) is 37.8 Å². The Labute approximate surface area is 75.0 Å². The quantitative estimate of drug-likeness (QED) is 0.604. The van der Waals surface area contributed by atoms with Gasteiger partial charge in [-0.1, -0.05) is 6.07 Å². The molecule has 0 aliphatic carbocycles. The molecule has 1 unspecified atom stereocenters. The number of nitrogens with zero attached hydrogens (tertiary/aromatic N) is 1. The SMILES string of the molecule is CP1CCC[C@@H]1c1ccccn1. The van der Waals surface area contributed by atoms with E-state index in [-0.39, 0.29) is 7.92 Å². The first-order valence-electron chi connectivity index (χ1n) is 4.49. The second-order valence-corrected chi connectivity index (χ2v) is 5.98. The molecule has 2 rings (SSSR count). The summed E-state index contributed by atoms with van der Waals surface area (Å²) in [5.41, 5.74) is 2.12. The molecule has 1 aromatic rings. The van der Waals surface area contributed by atoms with E-state index in [1.165, 1.54) is 24.7 Å². The molecule has 1 fully saturated rings. The normalized spacial score (nSPS) is 29.1. The monoisotopic (exact) mass is 179 g/mol. The third-order valence-corrected chi connectivity index (χ3v) is 5.16. The van der Waals surface area contributed by atoms with E-state index in [0.29, 0.717) is 0 Å². The number of hydrogen-bond donors (Lipinski definition) is 0. The summed E-state index contributed by atoms with van der Waals surface area (Å²) < 4.78 is 0. The predicted octanol–water partition coefficient (Wildman–Crippen LogP) is 3.03. The molecule has 0 spiro atoms. The Morgan fingerprint density at radius 2 is 2.42 bits per heavy atom. The topological polar surface area (TPSA) is 12.9 Å². The Hall–Kier alpha value is -0.420. The van der Waals surface area contributed by atoms with E-state index in [1.807, 2.05) is 12.3 Å². The van der Waals surface area contributed by atoms with Crippen molar-refractivity contribution in [3.05, 3.63) is 30.1 Å². The third-order valence-electron chi connectivity index (χ3n) is 2.55. The molecule has 64 valence electrons. The summed E-state index contributed by atoms with van der Waals surface area (Å²) in [6.45, 7) is 2.40. The lowest BCUT2D eigenvalue weighted by molar-refractivity contribution is 0.804. The molecular formula is C10H14NP. The van der Waals surface area contributed by atoms with Crippen LogP contribution < -0.4 is 0 Å². The first-order valence-corrected chi connectivity index (χ1v) is 6.53. The number of aromatic nitrogens is 1. The van der Waals surface area contributed by atoms with Crippen LogP contribution in [0, 0.1) is 0 Å². The molecule has 1 aliphatic rings. The Balaban J connectivity index is 2.19. The van der Waals surface area contributed by atoms with Crippen molar-refractivity contribution in [2.45, 2.75) is 18.5 Å². The molecule has 0 N–H and O–H groups in total. The fraction of sp³-hybridized carbons (Fsp3) is 0.500. The lowest BCUT2D eigenvalue weighted by Crippen LogP contribution is -1.93. The molecule has 2 heterocycles. The van der Waals surface area contributed by atoms with Crippen molar-refractivity contribution in [2.24, 2.45) is 0 Å². The Bertz CT molecular complexity index is 247. The van der Waals surface area contributed by atoms with Crippen molar-refractivity contribution in [1.82, 2.24) is 4.98 Å². The van der Waals surface area contributed by atoms with E-state index in [9.17, 15) is 0 Å². The maximum atomic E-state index is 4.43. The highest BCUT2D eigenvalue weighted by Gasteiger charge is 2.24. The molecule has 12 heavy (non-hydrogen) atoms. The predicted molar refractivity (Wildman–Crippen MR) is 53.9 cm³/mol. The zero-order valence-electron chi connectivity index (χ0n) is 7.40. The molecule has 0 amide bonds. The average molecular weight is 179 g/mol. The van der Waals surface area contributed by atoms with Crippen LogP contribution in [0.1, 0.15) is 24.2 Å². The fourth-order valence-electron chi connectivity index (χ4n) is 1.86. The van der Waals surface area contributed by atoms with Crippen molar-refractivity contribution in [3.63, 3.8) is 0 Å². The Kier molecular flexibility index (Phi) is 2.41. The molecule has 0 aromatic carbocycles. The van der Waals surface area contributed by atoms with Gasteiger partial charge in [-0.25, -0.2) is 0 Å². The Morgan fingerprint density at radius 1 is 1.50 bits per heavy atom. The van der Waals surface area contributed by atoms with Gasteiger partial charge in [-0.15, -0.1) is 7.92 Å². The number of hydrogen-bond acceptors (Lipinski definition) is 1. The third kappa shape index (κ3) is 1.51. The zero-order chi connectivity index (χ0) is 8.39. The molecule has 0 saturated carbocycles. The Morgan fingerprint density at radius 3 is 3.00 bits per heavy atom. The van der Waals surface area contributed by atoms with Gasteiger partial charge in [0.1, 0.15) is 0 Å². The van der Waals surface area contributed by atoms with Crippen molar-refractivity contribution < 1.29 is 0 Å². The maximum Gasteiger partial charge on any atom is 0.0477 e. The van der Waals surface area contributed by atoms with E-state index in [1.54, 1.807) is 0 Å². The lowest BCUT2D eigenvalue weighted by Gasteiger charge is -2.14. The highest BCUT2D eigenvalue weighted by atomic mass is 31.1. The molecule has 1 aliphatic heterocycles. The van der Waals surface area contributed by atoms with Gasteiger partial charge >= 0.3 is 0 Å². The molecule has 0 radical (unpaired) electrons. The first-order chi connectivity index (χ1) is 5.88. The van der Waals surface area contributed by atoms with Gasteiger partial charge in [-0.2, -0.15) is 0 Å². The minimum atomic E-state index is 0.233. The van der Waals surface area contributed by atoms with E-state index in [2.05, 4.69) is 23.8 Å². The lowest BCUT2D eigenvalue weighted by atomic mass is 10.2. The van der Waals surface area contributed by atoms with Crippen LogP contribution in [0.2, 0.25) is 0 Å². The largest absolute Gasteiger partial charge is 0.261 e. The van der Waals surface area contributed by atoms with Crippen LogP contribution in [0.15, 0.2) is 24.4 Å². The summed E-state index contributed by atoms with van der Waals surface area (Å²) >= 11 is 0. The summed E-state index contributed by atoms with van der Waals surface area (Å²) in [4.78, 5) is 4.43. The van der Waals surface area contributed by atoms with Crippen molar-refractivity contribution in [3.8, 4) is 0 Å². The fourth-order valence-corrected chi connectivity index (χ4v) is 4.08. The standard InChI is InChI=1S/C10H14NP/c1-12-8-4-6-10(12)9-5-2-3-7-11-9/h2-3,5,7,10H,4,6,8H2,1H3/t10-,12?/m1/s1. The summed E-state index contributed by atoms with van der Waals surface area (Å²) in [5.74, 6) is 0. The number of pyridine rings is 1. The van der Waals surface area contributed by atoms with E-state index >= 15 is 0 Å². The highest BCUT2D eigenvalue weighted by molar-refractivity contribution is 7.57. The van der Waals surface area contributed by atoms with Gasteiger partial charge in [0.25, 0.3) is 0 Å². The molecule has 2 heteroatoms. The van der Waals surface area contributed by atoms with Crippen LogP contribution in [0.5, 0.6) is 0 Å². The van der Waals surface area contributed by atoms with Gasteiger partial charge in [0.05, 0.1) is 0 Å². The summed E-state index contributed by atoms with van der Waals surface area (Å²) in [6, 6.07) is 6.27. The van der Waals surface area contributed by atoms with Crippen molar-refractivity contribution in [2.75, 3.05) is 12.8 Å². The maximum absolute atomic E-state index is 4.43. The smallest absolute Gasteiger partial charge is 0.0477 e. The van der Waals surface area contributed by atoms with Crippen molar-refractivity contribution >= 4 is 7.92 Å². The van der Waals surface area contributed by atoms with Gasteiger partial charge in [-0.3, -0.25) is 4.98 Å². The highest BCUT2D eigenvalue weighted by Crippen LogP contribution is 2.55. The second-order valence-electron chi connectivity index (χ2n) is 3.39. The number of rotatable bonds is 1. The summed E-state index contributed by atoms with van der Waals surface area (Å²) in [6.07, 6.45) is 6.12. The molecule has 1 aromatic heterocycles. The van der Waals surface area contributed by atoms with Gasteiger partial charge in [0, 0.05) is 17.5 Å².